The first-order chi connectivity index (χ1) is 9.49. The molecule has 0 spiro atoms. The summed E-state index contributed by atoms with van der Waals surface area (Å²) >= 11 is 0. The average Bonchev–Trinajstić information content (AvgIpc) is 2.39. The zero-order valence-corrected chi connectivity index (χ0v) is 13.4. The number of sulfonamides is 1. The fourth-order valence-electron chi connectivity index (χ4n) is 3.72. The molecule has 1 aliphatic carbocycles. The van der Waals surface area contributed by atoms with Gasteiger partial charge in [-0.1, -0.05) is 25.7 Å². The lowest BCUT2D eigenvalue weighted by Crippen LogP contribution is -2.46. The van der Waals surface area contributed by atoms with Crippen LogP contribution in [0.4, 0.5) is 0 Å². The molecule has 2 atom stereocenters. The van der Waals surface area contributed by atoms with Gasteiger partial charge in [0.1, 0.15) is 0 Å². The molecule has 1 saturated carbocycles. The van der Waals surface area contributed by atoms with Gasteiger partial charge in [-0.15, -0.1) is 0 Å². The Bertz CT molecular complexity index is 388. The quantitative estimate of drug-likeness (QED) is 0.849. The monoisotopic (exact) mass is 303 g/mol. The van der Waals surface area contributed by atoms with E-state index in [1.807, 2.05) is 0 Å². The van der Waals surface area contributed by atoms with Crippen molar-refractivity contribution in [2.45, 2.75) is 76.9 Å². The summed E-state index contributed by atoms with van der Waals surface area (Å²) in [5, 5.41) is 9.59. The normalized spacial score (nSPS) is 28.4. The Kier molecular flexibility index (Phi) is 5.87. The minimum atomic E-state index is -3.16. The number of hydrogen-bond donors (Lipinski definition) is 1. The zero-order chi connectivity index (χ0) is 14.6. The van der Waals surface area contributed by atoms with Gasteiger partial charge in [0.25, 0.3) is 0 Å². The van der Waals surface area contributed by atoms with Gasteiger partial charge in [-0.3, -0.25) is 0 Å². The van der Waals surface area contributed by atoms with Crippen molar-refractivity contribution >= 4 is 10.0 Å². The van der Waals surface area contributed by atoms with Gasteiger partial charge in [-0.2, -0.15) is 4.31 Å². The van der Waals surface area contributed by atoms with Crippen molar-refractivity contribution in [2.75, 3.05) is 12.3 Å². The maximum Gasteiger partial charge on any atom is 0.214 e. The molecule has 20 heavy (non-hydrogen) atoms. The molecule has 2 fully saturated rings. The maximum absolute atomic E-state index is 12.7. The van der Waals surface area contributed by atoms with E-state index in [0.717, 1.165) is 32.1 Å². The van der Waals surface area contributed by atoms with E-state index in [1.165, 1.54) is 19.3 Å². The third-order valence-electron chi connectivity index (χ3n) is 4.71. The average molecular weight is 303 g/mol. The van der Waals surface area contributed by atoms with Crippen molar-refractivity contribution < 1.29 is 13.5 Å². The Balaban J connectivity index is 2.00. The van der Waals surface area contributed by atoms with Crippen molar-refractivity contribution in [3.8, 4) is 0 Å². The molecule has 1 aliphatic heterocycles. The Morgan fingerprint density at radius 3 is 2.40 bits per heavy atom. The van der Waals surface area contributed by atoms with E-state index in [-0.39, 0.29) is 6.04 Å². The van der Waals surface area contributed by atoms with Crippen LogP contribution in [0.25, 0.3) is 0 Å². The summed E-state index contributed by atoms with van der Waals surface area (Å²) in [7, 11) is -3.16. The summed E-state index contributed by atoms with van der Waals surface area (Å²) in [5.74, 6) is 0.673. The topological polar surface area (TPSA) is 57.6 Å². The van der Waals surface area contributed by atoms with Crippen LogP contribution >= 0.6 is 0 Å². The van der Waals surface area contributed by atoms with Gasteiger partial charge in [-0.05, 0) is 44.9 Å². The second-order valence-corrected chi connectivity index (χ2v) is 8.59. The standard InChI is InChI=1S/C15H29NO3S/c1-13(17)11-15-9-5-6-10-16(15)20(18,19)12-14-7-3-2-4-8-14/h13-15,17H,2-12H2,1H3. The highest BCUT2D eigenvalue weighted by molar-refractivity contribution is 7.89. The van der Waals surface area contributed by atoms with E-state index >= 15 is 0 Å². The first-order valence-corrected chi connectivity index (χ1v) is 9.77. The Labute approximate surface area is 123 Å². The van der Waals surface area contributed by atoms with Crippen LogP contribution in [-0.2, 0) is 10.0 Å². The lowest BCUT2D eigenvalue weighted by Gasteiger charge is -2.36. The van der Waals surface area contributed by atoms with Crippen LogP contribution in [0.5, 0.6) is 0 Å². The Hall–Kier alpha value is -0.130. The molecule has 2 aliphatic rings. The predicted octanol–water partition coefficient (Wildman–Crippen LogP) is 2.52. The van der Waals surface area contributed by atoms with E-state index in [2.05, 4.69) is 0 Å². The molecule has 4 nitrogen and oxygen atoms in total. The van der Waals surface area contributed by atoms with Crippen molar-refractivity contribution in [1.82, 2.24) is 4.31 Å². The second kappa shape index (κ2) is 7.23. The molecular formula is C15H29NO3S. The summed E-state index contributed by atoms with van der Waals surface area (Å²) in [4.78, 5) is 0. The highest BCUT2D eigenvalue weighted by atomic mass is 32.2. The van der Waals surface area contributed by atoms with Gasteiger partial charge in [0.2, 0.25) is 10.0 Å². The number of aliphatic hydroxyl groups excluding tert-OH is 1. The maximum atomic E-state index is 12.7. The molecule has 1 heterocycles. The smallest absolute Gasteiger partial charge is 0.214 e. The molecular weight excluding hydrogens is 274 g/mol. The predicted molar refractivity (Wildman–Crippen MR) is 81.0 cm³/mol. The molecule has 1 N–H and O–H groups in total. The number of piperidine rings is 1. The lowest BCUT2D eigenvalue weighted by molar-refractivity contribution is 0.131. The van der Waals surface area contributed by atoms with Gasteiger partial charge in [-0.25, -0.2) is 8.42 Å². The third-order valence-corrected chi connectivity index (χ3v) is 6.80. The number of aliphatic hydroxyl groups is 1. The van der Waals surface area contributed by atoms with Gasteiger partial charge in [0.05, 0.1) is 11.9 Å². The number of hydrogen-bond acceptors (Lipinski definition) is 3. The molecule has 0 radical (unpaired) electrons. The van der Waals surface area contributed by atoms with Crippen LogP contribution < -0.4 is 0 Å². The molecule has 2 unspecified atom stereocenters. The van der Waals surface area contributed by atoms with Gasteiger partial charge in [0, 0.05) is 12.6 Å². The largest absolute Gasteiger partial charge is 0.393 e. The molecule has 0 bridgehead atoms. The van der Waals surface area contributed by atoms with Crippen molar-refractivity contribution in [1.29, 1.82) is 0 Å². The lowest BCUT2D eigenvalue weighted by atomic mass is 9.91. The first-order valence-electron chi connectivity index (χ1n) is 8.16. The molecule has 0 amide bonds. The molecule has 0 aromatic rings. The molecule has 1 saturated heterocycles. The van der Waals surface area contributed by atoms with Gasteiger partial charge in [0.15, 0.2) is 0 Å². The van der Waals surface area contributed by atoms with E-state index in [1.54, 1.807) is 11.2 Å². The highest BCUT2D eigenvalue weighted by Crippen LogP contribution is 2.29. The van der Waals surface area contributed by atoms with Crippen LogP contribution in [0.2, 0.25) is 0 Å². The summed E-state index contributed by atoms with van der Waals surface area (Å²) in [5.41, 5.74) is 0. The van der Waals surface area contributed by atoms with Crippen molar-refractivity contribution in [3.63, 3.8) is 0 Å². The third kappa shape index (κ3) is 4.43. The highest BCUT2D eigenvalue weighted by Gasteiger charge is 2.34. The minimum Gasteiger partial charge on any atom is -0.393 e. The zero-order valence-electron chi connectivity index (χ0n) is 12.6. The Morgan fingerprint density at radius 2 is 1.75 bits per heavy atom. The number of nitrogens with zero attached hydrogens (tertiary/aromatic N) is 1. The van der Waals surface area contributed by atoms with Crippen molar-refractivity contribution in [3.05, 3.63) is 0 Å². The van der Waals surface area contributed by atoms with Crippen molar-refractivity contribution in [2.24, 2.45) is 5.92 Å². The molecule has 0 aromatic heterocycles. The van der Waals surface area contributed by atoms with Crippen LogP contribution in [0.1, 0.15) is 64.7 Å². The summed E-state index contributed by atoms with van der Waals surface area (Å²) in [6.45, 7) is 2.40. The van der Waals surface area contributed by atoms with E-state index in [9.17, 15) is 13.5 Å². The minimum absolute atomic E-state index is 0.0114. The van der Waals surface area contributed by atoms with Crippen LogP contribution in [0, 0.1) is 5.92 Å². The van der Waals surface area contributed by atoms with E-state index in [0.29, 0.717) is 24.6 Å². The summed E-state index contributed by atoms with van der Waals surface area (Å²) < 4.78 is 27.1. The second-order valence-electron chi connectivity index (χ2n) is 6.63. The molecule has 5 heteroatoms. The molecule has 2 rings (SSSR count). The molecule has 118 valence electrons. The first kappa shape index (κ1) is 16.2. The summed E-state index contributed by atoms with van der Waals surface area (Å²) in [6, 6.07) is 0.0114. The van der Waals surface area contributed by atoms with E-state index < -0.39 is 16.1 Å². The fourth-order valence-corrected chi connectivity index (χ4v) is 5.89. The Morgan fingerprint density at radius 1 is 1.10 bits per heavy atom. The van der Waals surface area contributed by atoms with Crippen LogP contribution in [0.3, 0.4) is 0 Å². The summed E-state index contributed by atoms with van der Waals surface area (Å²) in [6.07, 6.45) is 8.82. The van der Waals surface area contributed by atoms with Gasteiger partial charge < -0.3 is 5.11 Å². The number of rotatable bonds is 5. The molecule has 0 aromatic carbocycles. The van der Waals surface area contributed by atoms with Gasteiger partial charge >= 0.3 is 0 Å². The fraction of sp³-hybridized carbons (Fsp3) is 1.00. The van der Waals surface area contributed by atoms with Crippen LogP contribution in [-0.4, -0.2) is 42.3 Å². The SMILES string of the molecule is CC(O)CC1CCCCN1S(=O)(=O)CC1CCCCC1. The van der Waals surface area contributed by atoms with E-state index in [4.69, 9.17) is 0 Å². The van der Waals surface area contributed by atoms with Crippen LogP contribution in [0.15, 0.2) is 0 Å².